The molecule has 2 aromatic rings. The summed E-state index contributed by atoms with van der Waals surface area (Å²) in [5.74, 6) is -0.921. The highest BCUT2D eigenvalue weighted by Gasteiger charge is 2.21. The number of hydrogen-bond donors (Lipinski definition) is 1. The maximum absolute atomic E-state index is 13.0. The number of nitrogens with one attached hydrogen (secondary N) is 1. The quantitative estimate of drug-likeness (QED) is 0.870. The summed E-state index contributed by atoms with van der Waals surface area (Å²) in [5.41, 5.74) is 1.15. The number of carbonyl (C=O) groups is 1. The Morgan fingerprint density at radius 1 is 1.12 bits per heavy atom. The Morgan fingerprint density at radius 2 is 1.71 bits per heavy atom. The minimum atomic E-state index is -3.68. The van der Waals surface area contributed by atoms with Crippen LogP contribution in [0.15, 0.2) is 54.6 Å². The van der Waals surface area contributed by atoms with E-state index in [1.807, 2.05) is 37.3 Å². The van der Waals surface area contributed by atoms with Crippen LogP contribution in [0.3, 0.4) is 0 Å². The van der Waals surface area contributed by atoms with Crippen molar-refractivity contribution in [3.63, 3.8) is 0 Å². The first-order chi connectivity index (χ1) is 11.3. The molecule has 1 N–H and O–H groups in total. The average Bonchev–Trinajstić information content (AvgIpc) is 2.53. The summed E-state index contributed by atoms with van der Waals surface area (Å²) in [6, 6.07) is 14.0. The lowest BCUT2D eigenvalue weighted by atomic mass is 10.1. The van der Waals surface area contributed by atoms with Gasteiger partial charge in [-0.2, -0.15) is 0 Å². The molecular weight excluding hydrogens is 331 g/mol. The third kappa shape index (κ3) is 4.79. The maximum atomic E-state index is 13.0. The molecule has 0 fully saturated rings. The number of rotatable bonds is 6. The third-order valence-electron chi connectivity index (χ3n) is 3.48. The van der Waals surface area contributed by atoms with Gasteiger partial charge in [0.25, 0.3) is 0 Å². The fourth-order valence-corrected chi connectivity index (χ4v) is 3.11. The molecular formula is C17H19FN2O3S. The first-order valence-corrected chi connectivity index (χ1v) is 9.20. The van der Waals surface area contributed by atoms with Crippen molar-refractivity contribution in [3.8, 4) is 0 Å². The van der Waals surface area contributed by atoms with Gasteiger partial charge < -0.3 is 5.32 Å². The zero-order chi connectivity index (χ0) is 17.7. The Morgan fingerprint density at radius 3 is 2.25 bits per heavy atom. The number of carbonyl (C=O) groups excluding carboxylic acids is 1. The molecule has 128 valence electrons. The van der Waals surface area contributed by atoms with Crippen LogP contribution in [0, 0.1) is 5.82 Å². The summed E-state index contributed by atoms with van der Waals surface area (Å²) in [7, 11) is -3.68. The highest BCUT2D eigenvalue weighted by atomic mass is 32.2. The van der Waals surface area contributed by atoms with Gasteiger partial charge in [0.1, 0.15) is 12.4 Å². The topological polar surface area (TPSA) is 66.5 Å². The monoisotopic (exact) mass is 350 g/mol. The summed E-state index contributed by atoms with van der Waals surface area (Å²) >= 11 is 0. The van der Waals surface area contributed by atoms with E-state index in [0.29, 0.717) is 0 Å². The molecule has 24 heavy (non-hydrogen) atoms. The normalized spacial score (nSPS) is 12.5. The van der Waals surface area contributed by atoms with E-state index in [9.17, 15) is 17.6 Å². The summed E-state index contributed by atoms with van der Waals surface area (Å²) < 4.78 is 37.9. The minimum absolute atomic E-state index is 0.237. The van der Waals surface area contributed by atoms with Crippen LogP contribution in [0.2, 0.25) is 0 Å². The first-order valence-electron chi connectivity index (χ1n) is 7.35. The standard InChI is InChI=1S/C17H19FN2O3S/c1-13(14-6-4-3-5-7-14)19-17(21)12-20(24(2,22)23)16-10-8-15(18)9-11-16/h3-11,13H,12H2,1-2H3,(H,19,21)/t13-/m1/s1. The van der Waals surface area contributed by atoms with Gasteiger partial charge in [-0.3, -0.25) is 9.10 Å². The Labute approximate surface area is 141 Å². The minimum Gasteiger partial charge on any atom is -0.348 e. The fourth-order valence-electron chi connectivity index (χ4n) is 2.25. The number of amides is 1. The van der Waals surface area contributed by atoms with Crippen molar-refractivity contribution in [1.29, 1.82) is 0 Å². The Hall–Kier alpha value is -2.41. The molecule has 0 bridgehead atoms. The molecule has 7 heteroatoms. The highest BCUT2D eigenvalue weighted by Crippen LogP contribution is 2.18. The largest absolute Gasteiger partial charge is 0.348 e. The van der Waals surface area contributed by atoms with Gasteiger partial charge in [0.15, 0.2) is 0 Å². The average molecular weight is 350 g/mol. The van der Waals surface area contributed by atoms with E-state index in [1.165, 1.54) is 12.1 Å². The van der Waals surface area contributed by atoms with Crippen LogP contribution in [-0.4, -0.2) is 27.1 Å². The number of nitrogens with zero attached hydrogens (tertiary/aromatic N) is 1. The lowest BCUT2D eigenvalue weighted by Gasteiger charge is -2.23. The van der Waals surface area contributed by atoms with Crippen LogP contribution in [-0.2, 0) is 14.8 Å². The van der Waals surface area contributed by atoms with Crippen LogP contribution in [0.25, 0.3) is 0 Å². The summed E-state index contributed by atoms with van der Waals surface area (Å²) in [5, 5.41) is 2.76. The van der Waals surface area contributed by atoms with Gasteiger partial charge in [-0.25, -0.2) is 12.8 Å². The predicted octanol–water partition coefficient (Wildman–Crippen LogP) is 2.47. The van der Waals surface area contributed by atoms with E-state index in [1.54, 1.807) is 0 Å². The van der Waals surface area contributed by atoms with Gasteiger partial charge in [-0.1, -0.05) is 30.3 Å². The molecule has 0 saturated carbocycles. The van der Waals surface area contributed by atoms with E-state index < -0.39 is 21.7 Å². The molecule has 2 rings (SSSR count). The number of benzene rings is 2. The van der Waals surface area contributed by atoms with Gasteiger partial charge in [-0.05, 0) is 36.8 Å². The fraction of sp³-hybridized carbons (Fsp3) is 0.235. The molecule has 0 saturated heterocycles. The molecule has 0 aliphatic rings. The zero-order valence-corrected chi connectivity index (χ0v) is 14.3. The SMILES string of the molecule is C[C@@H](NC(=O)CN(c1ccc(F)cc1)S(C)(=O)=O)c1ccccc1. The number of halogens is 1. The van der Waals surface area contributed by atoms with E-state index in [-0.39, 0.29) is 18.3 Å². The summed E-state index contributed by atoms with van der Waals surface area (Å²) in [6.07, 6.45) is 1.00. The highest BCUT2D eigenvalue weighted by molar-refractivity contribution is 7.92. The van der Waals surface area contributed by atoms with Crippen molar-refractivity contribution in [3.05, 3.63) is 66.0 Å². The molecule has 0 unspecified atom stereocenters. The molecule has 0 heterocycles. The summed E-state index contributed by atoms with van der Waals surface area (Å²) in [6.45, 7) is 1.44. The van der Waals surface area contributed by atoms with Gasteiger partial charge in [-0.15, -0.1) is 0 Å². The lowest BCUT2D eigenvalue weighted by molar-refractivity contribution is -0.120. The van der Waals surface area contributed by atoms with Crippen molar-refractivity contribution in [2.24, 2.45) is 0 Å². The van der Waals surface area contributed by atoms with Gasteiger partial charge in [0.05, 0.1) is 18.0 Å². The van der Waals surface area contributed by atoms with E-state index in [2.05, 4.69) is 5.32 Å². The van der Waals surface area contributed by atoms with E-state index in [4.69, 9.17) is 0 Å². The van der Waals surface area contributed by atoms with Crippen LogP contribution in [0.4, 0.5) is 10.1 Å². The molecule has 0 spiro atoms. The number of anilines is 1. The lowest BCUT2D eigenvalue weighted by Crippen LogP contribution is -2.41. The van der Waals surface area contributed by atoms with Crippen molar-refractivity contribution in [1.82, 2.24) is 5.32 Å². The van der Waals surface area contributed by atoms with E-state index >= 15 is 0 Å². The van der Waals surface area contributed by atoms with Crippen molar-refractivity contribution >= 4 is 21.6 Å². The molecule has 1 atom stereocenters. The summed E-state index contributed by atoms with van der Waals surface area (Å²) in [4.78, 5) is 12.2. The Bertz CT molecular complexity index is 792. The van der Waals surface area contributed by atoms with Crippen molar-refractivity contribution in [2.75, 3.05) is 17.1 Å². The van der Waals surface area contributed by atoms with Gasteiger partial charge in [0.2, 0.25) is 15.9 Å². The van der Waals surface area contributed by atoms with E-state index in [0.717, 1.165) is 28.3 Å². The Kier molecular flexibility index (Phi) is 5.56. The van der Waals surface area contributed by atoms with Gasteiger partial charge in [0, 0.05) is 0 Å². The molecule has 0 aliphatic carbocycles. The Balaban J connectivity index is 2.12. The smallest absolute Gasteiger partial charge is 0.241 e. The predicted molar refractivity (Wildman–Crippen MR) is 91.6 cm³/mol. The van der Waals surface area contributed by atoms with Crippen LogP contribution in [0.5, 0.6) is 0 Å². The first kappa shape index (κ1) is 17.9. The molecule has 0 aliphatic heterocycles. The van der Waals surface area contributed by atoms with Gasteiger partial charge >= 0.3 is 0 Å². The molecule has 1 amide bonds. The maximum Gasteiger partial charge on any atom is 0.241 e. The van der Waals surface area contributed by atoms with Crippen LogP contribution < -0.4 is 9.62 Å². The van der Waals surface area contributed by atoms with Crippen molar-refractivity contribution in [2.45, 2.75) is 13.0 Å². The number of hydrogen-bond acceptors (Lipinski definition) is 3. The van der Waals surface area contributed by atoms with Crippen LogP contribution in [0.1, 0.15) is 18.5 Å². The zero-order valence-electron chi connectivity index (χ0n) is 13.4. The second kappa shape index (κ2) is 7.44. The number of sulfonamides is 1. The van der Waals surface area contributed by atoms with Crippen molar-refractivity contribution < 1.29 is 17.6 Å². The molecule has 2 aromatic carbocycles. The molecule has 0 aromatic heterocycles. The second-order valence-corrected chi connectivity index (χ2v) is 7.35. The molecule has 5 nitrogen and oxygen atoms in total. The third-order valence-corrected chi connectivity index (χ3v) is 4.62. The van der Waals surface area contributed by atoms with Crippen LogP contribution >= 0.6 is 0 Å². The molecule has 0 radical (unpaired) electrons. The second-order valence-electron chi connectivity index (χ2n) is 5.45.